The van der Waals surface area contributed by atoms with Crippen molar-refractivity contribution >= 4 is 28.2 Å². The van der Waals surface area contributed by atoms with Crippen LogP contribution in [0.15, 0.2) is 42.9 Å². The molecule has 2 heterocycles. The van der Waals surface area contributed by atoms with E-state index in [1.54, 1.807) is 6.20 Å². The van der Waals surface area contributed by atoms with Gasteiger partial charge in [-0.15, -0.1) is 0 Å². The molecule has 0 saturated carbocycles. The zero-order valence-corrected chi connectivity index (χ0v) is 12.1. The van der Waals surface area contributed by atoms with Gasteiger partial charge in [-0.1, -0.05) is 12.1 Å². The molecular weight excluding hydrogens is 262 g/mol. The standard InChI is InChI=1S/C16H17N5/c1-3-18-16-19-9-11(2)15(21-16)20-14-6-4-5-12-7-8-17-10-13(12)14/h4-10H,3H2,1-2H3,(H2,18,19,20,21). The Morgan fingerprint density at radius 2 is 2.05 bits per heavy atom. The maximum absolute atomic E-state index is 4.51. The van der Waals surface area contributed by atoms with Gasteiger partial charge in [-0.3, -0.25) is 4.98 Å². The van der Waals surface area contributed by atoms with E-state index in [0.29, 0.717) is 5.95 Å². The Balaban J connectivity index is 2.00. The molecule has 21 heavy (non-hydrogen) atoms. The predicted molar refractivity (Wildman–Crippen MR) is 86.0 cm³/mol. The Bertz CT molecular complexity index is 764. The fourth-order valence-corrected chi connectivity index (χ4v) is 2.16. The van der Waals surface area contributed by atoms with Gasteiger partial charge < -0.3 is 10.6 Å². The van der Waals surface area contributed by atoms with Crippen LogP contribution in [0, 0.1) is 6.92 Å². The molecular formula is C16H17N5. The number of hydrogen-bond acceptors (Lipinski definition) is 5. The Kier molecular flexibility index (Phi) is 3.64. The molecule has 0 fully saturated rings. The first-order valence-electron chi connectivity index (χ1n) is 6.95. The predicted octanol–water partition coefficient (Wildman–Crippen LogP) is 3.51. The maximum atomic E-state index is 4.51. The third-order valence-corrected chi connectivity index (χ3v) is 3.24. The van der Waals surface area contributed by atoms with Crippen LogP contribution in [-0.4, -0.2) is 21.5 Å². The lowest BCUT2D eigenvalue weighted by atomic mass is 10.1. The van der Waals surface area contributed by atoms with E-state index in [9.17, 15) is 0 Å². The molecule has 3 aromatic rings. The zero-order valence-electron chi connectivity index (χ0n) is 12.1. The van der Waals surface area contributed by atoms with Crippen molar-refractivity contribution in [3.8, 4) is 0 Å². The van der Waals surface area contributed by atoms with E-state index in [1.165, 1.54) is 0 Å². The second kappa shape index (κ2) is 5.75. The van der Waals surface area contributed by atoms with Crippen LogP contribution >= 0.6 is 0 Å². The van der Waals surface area contributed by atoms with Crippen LogP contribution in [0.4, 0.5) is 17.5 Å². The molecule has 0 aliphatic rings. The van der Waals surface area contributed by atoms with Crippen molar-refractivity contribution in [3.05, 3.63) is 48.4 Å². The monoisotopic (exact) mass is 279 g/mol. The van der Waals surface area contributed by atoms with Gasteiger partial charge in [0.05, 0.1) is 0 Å². The molecule has 0 unspecified atom stereocenters. The number of rotatable bonds is 4. The van der Waals surface area contributed by atoms with Crippen molar-refractivity contribution in [2.75, 3.05) is 17.2 Å². The minimum absolute atomic E-state index is 0.629. The third kappa shape index (κ3) is 2.76. The van der Waals surface area contributed by atoms with E-state index in [2.05, 4.69) is 31.7 Å². The molecule has 0 radical (unpaired) electrons. The van der Waals surface area contributed by atoms with Crippen LogP contribution in [-0.2, 0) is 0 Å². The number of anilines is 3. The van der Waals surface area contributed by atoms with Gasteiger partial charge in [0.2, 0.25) is 5.95 Å². The van der Waals surface area contributed by atoms with Crippen molar-refractivity contribution in [1.29, 1.82) is 0 Å². The molecule has 2 aromatic heterocycles. The Hall–Kier alpha value is -2.69. The largest absolute Gasteiger partial charge is 0.354 e. The quantitative estimate of drug-likeness (QED) is 0.765. The van der Waals surface area contributed by atoms with Crippen LogP contribution in [0.3, 0.4) is 0 Å². The first kappa shape index (κ1) is 13.3. The summed E-state index contributed by atoms with van der Waals surface area (Å²) in [6.07, 6.45) is 5.47. The smallest absolute Gasteiger partial charge is 0.224 e. The lowest BCUT2D eigenvalue weighted by Gasteiger charge is -2.12. The van der Waals surface area contributed by atoms with Crippen LogP contribution in [0.25, 0.3) is 10.8 Å². The fourth-order valence-electron chi connectivity index (χ4n) is 2.16. The van der Waals surface area contributed by atoms with Crippen molar-refractivity contribution in [3.63, 3.8) is 0 Å². The van der Waals surface area contributed by atoms with E-state index in [0.717, 1.165) is 34.4 Å². The van der Waals surface area contributed by atoms with E-state index in [1.807, 2.05) is 44.4 Å². The minimum atomic E-state index is 0.629. The van der Waals surface area contributed by atoms with Crippen LogP contribution in [0.2, 0.25) is 0 Å². The summed E-state index contributed by atoms with van der Waals surface area (Å²) in [5.41, 5.74) is 1.99. The third-order valence-electron chi connectivity index (χ3n) is 3.24. The molecule has 106 valence electrons. The lowest BCUT2D eigenvalue weighted by Crippen LogP contribution is -2.05. The van der Waals surface area contributed by atoms with Gasteiger partial charge in [0, 0.05) is 41.8 Å². The number of nitrogens with one attached hydrogen (secondary N) is 2. The summed E-state index contributed by atoms with van der Waals surface area (Å²) in [6, 6.07) is 8.11. The van der Waals surface area contributed by atoms with Gasteiger partial charge in [-0.2, -0.15) is 4.98 Å². The minimum Gasteiger partial charge on any atom is -0.354 e. The van der Waals surface area contributed by atoms with Crippen molar-refractivity contribution in [2.45, 2.75) is 13.8 Å². The first-order chi connectivity index (χ1) is 10.3. The van der Waals surface area contributed by atoms with Gasteiger partial charge in [-0.25, -0.2) is 4.98 Å². The average Bonchev–Trinajstić information content (AvgIpc) is 2.51. The molecule has 5 heteroatoms. The number of aryl methyl sites for hydroxylation is 1. The first-order valence-corrected chi connectivity index (χ1v) is 6.95. The SMILES string of the molecule is CCNc1ncc(C)c(Nc2cccc3ccncc23)n1. The highest BCUT2D eigenvalue weighted by molar-refractivity contribution is 5.94. The summed E-state index contributed by atoms with van der Waals surface area (Å²) in [5.74, 6) is 1.43. The molecule has 0 aliphatic carbocycles. The second-order valence-corrected chi connectivity index (χ2v) is 4.78. The molecule has 2 N–H and O–H groups in total. The van der Waals surface area contributed by atoms with Crippen LogP contribution in [0.1, 0.15) is 12.5 Å². The van der Waals surface area contributed by atoms with Crippen LogP contribution in [0.5, 0.6) is 0 Å². The Morgan fingerprint density at radius 3 is 2.90 bits per heavy atom. The number of benzene rings is 1. The molecule has 0 bridgehead atoms. The number of nitrogens with zero attached hydrogens (tertiary/aromatic N) is 3. The summed E-state index contributed by atoms with van der Waals surface area (Å²) in [4.78, 5) is 13.0. The Labute approximate surface area is 123 Å². The highest BCUT2D eigenvalue weighted by atomic mass is 15.1. The molecule has 0 atom stereocenters. The van der Waals surface area contributed by atoms with E-state index < -0.39 is 0 Å². The number of hydrogen-bond donors (Lipinski definition) is 2. The second-order valence-electron chi connectivity index (χ2n) is 4.78. The van der Waals surface area contributed by atoms with Crippen molar-refractivity contribution < 1.29 is 0 Å². The summed E-state index contributed by atoms with van der Waals surface area (Å²) in [6.45, 7) is 4.80. The highest BCUT2D eigenvalue weighted by Gasteiger charge is 2.06. The van der Waals surface area contributed by atoms with Gasteiger partial charge in [0.25, 0.3) is 0 Å². The lowest BCUT2D eigenvalue weighted by molar-refractivity contribution is 1.07. The molecule has 0 saturated heterocycles. The van der Waals surface area contributed by atoms with E-state index >= 15 is 0 Å². The van der Waals surface area contributed by atoms with Crippen molar-refractivity contribution in [2.24, 2.45) is 0 Å². The Morgan fingerprint density at radius 1 is 1.14 bits per heavy atom. The summed E-state index contributed by atoms with van der Waals surface area (Å²) < 4.78 is 0. The normalized spacial score (nSPS) is 10.6. The maximum Gasteiger partial charge on any atom is 0.224 e. The molecule has 5 nitrogen and oxygen atoms in total. The fraction of sp³-hybridized carbons (Fsp3) is 0.188. The molecule has 0 spiro atoms. The van der Waals surface area contributed by atoms with Gasteiger partial charge in [-0.05, 0) is 31.4 Å². The van der Waals surface area contributed by atoms with Crippen LogP contribution < -0.4 is 10.6 Å². The topological polar surface area (TPSA) is 62.7 Å². The number of fused-ring (bicyclic) bond motifs is 1. The molecule has 3 rings (SSSR count). The van der Waals surface area contributed by atoms with Gasteiger partial charge in [0.15, 0.2) is 0 Å². The summed E-state index contributed by atoms with van der Waals surface area (Å²) >= 11 is 0. The van der Waals surface area contributed by atoms with Gasteiger partial charge in [0.1, 0.15) is 5.82 Å². The molecule has 0 amide bonds. The number of pyridine rings is 1. The molecule has 1 aromatic carbocycles. The summed E-state index contributed by atoms with van der Waals surface area (Å²) in [7, 11) is 0. The van der Waals surface area contributed by atoms with E-state index in [-0.39, 0.29) is 0 Å². The van der Waals surface area contributed by atoms with E-state index in [4.69, 9.17) is 0 Å². The van der Waals surface area contributed by atoms with Gasteiger partial charge >= 0.3 is 0 Å². The highest BCUT2D eigenvalue weighted by Crippen LogP contribution is 2.26. The van der Waals surface area contributed by atoms with Crippen molar-refractivity contribution in [1.82, 2.24) is 15.0 Å². The summed E-state index contributed by atoms with van der Waals surface area (Å²) in [5, 5.41) is 8.73. The zero-order chi connectivity index (χ0) is 14.7. The number of aromatic nitrogens is 3. The average molecular weight is 279 g/mol. The molecule has 0 aliphatic heterocycles.